The first kappa shape index (κ1) is 14.5. The smallest absolute Gasteiger partial charge is 0.262 e. The van der Waals surface area contributed by atoms with Gasteiger partial charge >= 0.3 is 0 Å². The van der Waals surface area contributed by atoms with E-state index < -0.39 is 0 Å². The number of amides is 1. The van der Waals surface area contributed by atoms with E-state index in [-0.39, 0.29) is 12.5 Å². The van der Waals surface area contributed by atoms with Crippen LogP contribution < -0.4 is 15.8 Å². The number of nitrogen functional groups attached to an aromatic ring is 1. The molecule has 6 heteroatoms. The van der Waals surface area contributed by atoms with E-state index in [9.17, 15) is 4.79 Å². The van der Waals surface area contributed by atoms with E-state index in [1.165, 1.54) is 0 Å². The fraction of sp³-hybridized carbons (Fsp3) is 0.0714. The van der Waals surface area contributed by atoms with E-state index in [0.29, 0.717) is 27.2 Å². The predicted octanol–water partition coefficient (Wildman–Crippen LogP) is 3.59. The van der Waals surface area contributed by atoms with Gasteiger partial charge in [-0.3, -0.25) is 4.79 Å². The molecule has 1 amide bonds. The molecule has 0 unspecified atom stereocenters. The van der Waals surface area contributed by atoms with Gasteiger partial charge in [-0.05, 0) is 36.4 Å². The second kappa shape index (κ2) is 6.50. The summed E-state index contributed by atoms with van der Waals surface area (Å²) in [5.74, 6) is 0.184. The first-order valence-corrected chi connectivity index (χ1v) is 6.53. The van der Waals surface area contributed by atoms with E-state index in [2.05, 4.69) is 5.32 Å². The molecule has 0 saturated heterocycles. The molecule has 0 aromatic heterocycles. The summed E-state index contributed by atoms with van der Waals surface area (Å²) >= 11 is 11.8. The van der Waals surface area contributed by atoms with Crippen LogP contribution in [-0.4, -0.2) is 12.5 Å². The second-order valence-electron chi connectivity index (χ2n) is 4.03. The zero-order valence-electron chi connectivity index (χ0n) is 10.4. The molecule has 0 spiro atoms. The summed E-state index contributed by atoms with van der Waals surface area (Å²) in [6.07, 6.45) is 0. The zero-order valence-corrected chi connectivity index (χ0v) is 11.9. The average molecular weight is 311 g/mol. The van der Waals surface area contributed by atoms with Gasteiger partial charge in [0.25, 0.3) is 5.91 Å². The summed E-state index contributed by atoms with van der Waals surface area (Å²) in [5.41, 5.74) is 6.59. The van der Waals surface area contributed by atoms with Crippen LogP contribution in [0.4, 0.5) is 11.4 Å². The van der Waals surface area contributed by atoms with Crippen LogP contribution in [0.1, 0.15) is 0 Å². The molecule has 104 valence electrons. The fourth-order valence-corrected chi connectivity index (χ4v) is 1.88. The summed E-state index contributed by atoms with van der Waals surface area (Å²) in [7, 11) is 0. The molecule has 3 N–H and O–H groups in total. The molecule has 0 aliphatic heterocycles. The second-order valence-corrected chi connectivity index (χ2v) is 4.88. The molecular formula is C14H12Cl2N2O2. The lowest BCUT2D eigenvalue weighted by Crippen LogP contribution is -2.20. The molecule has 0 radical (unpaired) electrons. The van der Waals surface area contributed by atoms with E-state index in [4.69, 9.17) is 33.7 Å². The highest BCUT2D eigenvalue weighted by Crippen LogP contribution is 2.24. The molecule has 0 bridgehead atoms. The van der Waals surface area contributed by atoms with Crippen molar-refractivity contribution < 1.29 is 9.53 Å². The number of hydrogen-bond acceptors (Lipinski definition) is 3. The van der Waals surface area contributed by atoms with Crippen LogP contribution in [-0.2, 0) is 4.79 Å². The minimum atomic E-state index is -0.336. The molecule has 4 nitrogen and oxygen atoms in total. The summed E-state index contributed by atoms with van der Waals surface area (Å²) in [4.78, 5) is 11.8. The summed E-state index contributed by atoms with van der Waals surface area (Å²) in [5, 5.41) is 3.58. The van der Waals surface area contributed by atoms with Gasteiger partial charge in [0.2, 0.25) is 0 Å². The maximum absolute atomic E-state index is 11.8. The topological polar surface area (TPSA) is 64.3 Å². The van der Waals surface area contributed by atoms with Crippen molar-refractivity contribution >= 4 is 40.5 Å². The first-order chi connectivity index (χ1) is 9.54. The lowest BCUT2D eigenvalue weighted by Gasteiger charge is -2.09. The standard InChI is InChI=1S/C14H12Cl2N2O2/c15-9-2-1-3-11(6-9)20-8-14(19)18-13-7-10(17)4-5-12(13)16/h1-7H,8,17H2,(H,18,19). The maximum Gasteiger partial charge on any atom is 0.262 e. The number of carbonyl (C=O) groups is 1. The largest absolute Gasteiger partial charge is 0.484 e. The van der Waals surface area contributed by atoms with Crippen LogP contribution in [0.15, 0.2) is 42.5 Å². The summed E-state index contributed by atoms with van der Waals surface area (Å²) in [6, 6.07) is 11.7. The van der Waals surface area contributed by atoms with E-state index in [0.717, 1.165) is 0 Å². The highest BCUT2D eigenvalue weighted by Gasteiger charge is 2.07. The molecule has 0 atom stereocenters. The van der Waals surface area contributed by atoms with Crippen LogP contribution in [0.3, 0.4) is 0 Å². The molecular weight excluding hydrogens is 299 g/mol. The maximum atomic E-state index is 11.8. The van der Waals surface area contributed by atoms with Gasteiger partial charge in [-0.1, -0.05) is 29.3 Å². The number of ether oxygens (including phenoxy) is 1. The third-order valence-electron chi connectivity index (χ3n) is 2.43. The minimum Gasteiger partial charge on any atom is -0.484 e. The van der Waals surface area contributed by atoms with E-state index >= 15 is 0 Å². The molecule has 0 aliphatic carbocycles. The third-order valence-corrected chi connectivity index (χ3v) is 3.00. The summed E-state index contributed by atoms with van der Waals surface area (Å²) < 4.78 is 5.32. The van der Waals surface area contributed by atoms with Crippen LogP contribution in [0.25, 0.3) is 0 Å². The number of halogens is 2. The third kappa shape index (κ3) is 4.05. The van der Waals surface area contributed by atoms with Gasteiger partial charge in [0.15, 0.2) is 6.61 Å². The highest BCUT2D eigenvalue weighted by atomic mass is 35.5. The predicted molar refractivity (Wildman–Crippen MR) is 81.4 cm³/mol. The molecule has 2 aromatic carbocycles. The van der Waals surface area contributed by atoms with Crippen molar-refractivity contribution in [3.8, 4) is 5.75 Å². The Morgan fingerprint density at radius 3 is 2.75 bits per heavy atom. The van der Waals surface area contributed by atoms with Gasteiger partial charge in [-0.25, -0.2) is 0 Å². The molecule has 0 saturated carbocycles. The zero-order chi connectivity index (χ0) is 14.5. The van der Waals surface area contributed by atoms with Crippen molar-refractivity contribution in [2.24, 2.45) is 0 Å². The van der Waals surface area contributed by atoms with E-state index in [1.54, 1.807) is 42.5 Å². The van der Waals surface area contributed by atoms with Gasteiger partial charge in [0.05, 0.1) is 10.7 Å². The number of rotatable bonds is 4. The van der Waals surface area contributed by atoms with Crippen molar-refractivity contribution in [1.82, 2.24) is 0 Å². The average Bonchev–Trinajstić information content (AvgIpc) is 2.41. The number of benzene rings is 2. The Labute approximate surface area is 126 Å². The molecule has 20 heavy (non-hydrogen) atoms. The van der Waals surface area contributed by atoms with Crippen LogP contribution in [0.5, 0.6) is 5.75 Å². The van der Waals surface area contributed by atoms with Gasteiger partial charge in [0, 0.05) is 10.7 Å². The quantitative estimate of drug-likeness (QED) is 0.848. The van der Waals surface area contributed by atoms with Gasteiger partial charge in [0.1, 0.15) is 5.75 Å². The minimum absolute atomic E-state index is 0.147. The van der Waals surface area contributed by atoms with Crippen molar-refractivity contribution in [1.29, 1.82) is 0 Å². The van der Waals surface area contributed by atoms with Crippen LogP contribution in [0.2, 0.25) is 10.0 Å². The normalized spacial score (nSPS) is 10.1. The van der Waals surface area contributed by atoms with Gasteiger partial charge in [-0.2, -0.15) is 0 Å². The van der Waals surface area contributed by atoms with Crippen LogP contribution in [0, 0.1) is 0 Å². The first-order valence-electron chi connectivity index (χ1n) is 5.78. The lowest BCUT2D eigenvalue weighted by atomic mass is 10.3. The van der Waals surface area contributed by atoms with Crippen molar-refractivity contribution in [2.45, 2.75) is 0 Å². The number of anilines is 2. The van der Waals surface area contributed by atoms with E-state index in [1.807, 2.05) is 0 Å². The number of nitrogens with two attached hydrogens (primary N) is 1. The lowest BCUT2D eigenvalue weighted by molar-refractivity contribution is -0.118. The molecule has 0 heterocycles. The van der Waals surface area contributed by atoms with Gasteiger partial charge in [-0.15, -0.1) is 0 Å². The SMILES string of the molecule is Nc1ccc(Cl)c(NC(=O)COc2cccc(Cl)c2)c1. The Morgan fingerprint density at radius 1 is 1.20 bits per heavy atom. The van der Waals surface area contributed by atoms with Crippen LogP contribution >= 0.6 is 23.2 Å². The fourth-order valence-electron chi connectivity index (χ4n) is 1.53. The van der Waals surface area contributed by atoms with Crippen molar-refractivity contribution in [3.05, 3.63) is 52.5 Å². The number of nitrogens with one attached hydrogen (secondary N) is 1. The highest BCUT2D eigenvalue weighted by molar-refractivity contribution is 6.33. The molecule has 0 aliphatic rings. The van der Waals surface area contributed by atoms with Crippen molar-refractivity contribution in [3.63, 3.8) is 0 Å². The van der Waals surface area contributed by atoms with Crippen molar-refractivity contribution in [2.75, 3.05) is 17.7 Å². The number of carbonyl (C=O) groups excluding carboxylic acids is 1. The Kier molecular flexibility index (Phi) is 4.71. The molecule has 2 aromatic rings. The van der Waals surface area contributed by atoms with Gasteiger partial charge < -0.3 is 15.8 Å². The molecule has 0 fully saturated rings. The Bertz CT molecular complexity index is 632. The molecule has 2 rings (SSSR count). The Morgan fingerprint density at radius 2 is 2.00 bits per heavy atom. The monoisotopic (exact) mass is 310 g/mol. The summed E-state index contributed by atoms with van der Waals surface area (Å²) in [6.45, 7) is -0.147. The Balaban J connectivity index is 1.94. The Hall–Kier alpha value is -1.91. The number of hydrogen-bond donors (Lipinski definition) is 2.